The van der Waals surface area contributed by atoms with Gasteiger partial charge in [0.2, 0.25) is 0 Å². The number of carbonyl (C=O) groups is 2. The van der Waals surface area contributed by atoms with E-state index in [0.717, 1.165) is 62.1 Å². The van der Waals surface area contributed by atoms with E-state index in [1.807, 2.05) is 42.5 Å². The number of anilines is 2. The minimum Gasteiger partial charge on any atom is -0.356 e. The number of carbonyl (C=O) groups excluding carboxylic acids is 2. The highest BCUT2D eigenvalue weighted by Crippen LogP contribution is 2.44. The van der Waals surface area contributed by atoms with Gasteiger partial charge < -0.3 is 16.0 Å². The standard InChI is InChI=1S/C27H33N5O2/c33-25(31-21-7-2-1-3-8-21)19-6-4-9-22(16-19)30-24-13-12-20(17-23(24)18-10-11-18)26(34)32-27-28-14-5-15-29-27/h4,6,9,12-13,16-18,21,30H,1-3,5,7-8,10-11,14-15H2,(H,31,33)(H2,28,29,32,34). The maximum Gasteiger partial charge on any atom is 0.257 e. The lowest BCUT2D eigenvalue weighted by Crippen LogP contribution is -2.43. The Morgan fingerprint density at radius 2 is 1.71 bits per heavy atom. The van der Waals surface area contributed by atoms with Crippen LogP contribution < -0.4 is 21.3 Å². The molecule has 0 spiro atoms. The molecule has 0 radical (unpaired) electrons. The quantitative estimate of drug-likeness (QED) is 0.513. The number of rotatable bonds is 6. The Bertz CT molecular complexity index is 1090. The van der Waals surface area contributed by atoms with E-state index in [9.17, 15) is 9.59 Å². The molecule has 178 valence electrons. The molecule has 5 rings (SSSR count). The molecule has 2 aromatic carbocycles. The van der Waals surface area contributed by atoms with E-state index in [1.54, 1.807) is 0 Å². The fourth-order valence-electron chi connectivity index (χ4n) is 4.76. The van der Waals surface area contributed by atoms with Crippen LogP contribution in [0.1, 0.15) is 83.6 Å². The van der Waals surface area contributed by atoms with Crippen molar-refractivity contribution in [2.45, 2.75) is 63.3 Å². The summed E-state index contributed by atoms with van der Waals surface area (Å²) in [5.74, 6) is 0.847. The smallest absolute Gasteiger partial charge is 0.257 e. The van der Waals surface area contributed by atoms with Crippen molar-refractivity contribution < 1.29 is 9.59 Å². The summed E-state index contributed by atoms with van der Waals surface area (Å²) in [6, 6.07) is 13.7. The topological polar surface area (TPSA) is 94.6 Å². The largest absolute Gasteiger partial charge is 0.356 e. The van der Waals surface area contributed by atoms with Gasteiger partial charge in [0.05, 0.1) is 0 Å². The monoisotopic (exact) mass is 459 g/mol. The lowest BCUT2D eigenvalue weighted by Gasteiger charge is -2.23. The lowest BCUT2D eigenvalue weighted by atomic mass is 9.95. The molecule has 4 N–H and O–H groups in total. The van der Waals surface area contributed by atoms with E-state index < -0.39 is 0 Å². The van der Waals surface area contributed by atoms with Crippen molar-refractivity contribution in [2.75, 3.05) is 18.4 Å². The maximum absolute atomic E-state index is 12.8. The first-order chi connectivity index (χ1) is 16.7. The predicted molar refractivity (Wildman–Crippen MR) is 135 cm³/mol. The second-order valence-electron chi connectivity index (χ2n) is 9.56. The third kappa shape index (κ3) is 5.58. The zero-order chi connectivity index (χ0) is 23.3. The van der Waals surface area contributed by atoms with E-state index in [-0.39, 0.29) is 17.9 Å². The first-order valence-electron chi connectivity index (χ1n) is 12.6. The summed E-state index contributed by atoms with van der Waals surface area (Å²) >= 11 is 0. The zero-order valence-corrected chi connectivity index (χ0v) is 19.5. The molecule has 2 aliphatic carbocycles. The second kappa shape index (κ2) is 10.3. The fourth-order valence-corrected chi connectivity index (χ4v) is 4.76. The Balaban J connectivity index is 1.29. The minimum atomic E-state index is -0.150. The number of nitrogens with zero attached hydrogens (tertiary/aromatic N) is 1. The van der Waals surface area contributed by atoms with Gasteiger partial charge in [-0.15, -0.1) is 0 Å². The Morgan fingerprint density at radius 1 is 0.882 bits per heavy atom. The minimum absolute atomic E-state index is 0.00998. The van der Waals surface area contributed by atoms with Crippen LogP contribution in [-0.2, 0) is 0 Å². The van der Waals surface area contributed by atoms with Gasteiger partial charge in [-0.3, -0.25) is 19.9 Å². The van der Waals surface area contributed by atoms with E-state index in [2.05, 4.69) is 26.3 Å². The molecule has 34 heavy (non-hydrogen) atoms. The van der Waals surface area contributed by atoms with Gasteiger partial charge in [-0.2, -0.15) is 0 Å². The number of guanidine groups is 1. The molecule has 0 saturated heterocycles. The van der Waals surface area contributed by atoms with Crippen molar-refractivity contribution in [1.29, 1.82) is 0 Å². The third-order valence-electron chi connectivity index (χ3n) is 6.80. The normalized spacial score (nSPS) is 18.4. The summed E-state index contributed by atoms with van der Waals surface area (Å²) in [7, 11) is 0. The number of nitrogens with one attached hydrogen (secondary N) is 4. The molecule has 0 unspecified atom stereocenters. The molecule has 0 aromatic heterocycles. The lowest BCUT2D eigenvalue weighted by molar-refractivity contribution is 0.0926. The van der Waals surface area contributed by atoms with E-state index >= 15 is 0 Å². The highest BCUT2D eigenvalue weighted by molar-refractivity contribution is 6.06. The molecule has 1 heterocycles. The summed E-state index contributed by atoms with van der Waals surface area (Å²) < 4.78 is 0. The number of benzene rings is 2. The molecule has 1 aliphatic heterocycles. The Hall–Kier alpha value is -3.35. The number of hydrogen-bond acceptors (Lipinski definition) is 5. The molecular weight excluding hydrogens is 426 g/mol. The summed E-state index contributed by atoms with van der Waals surface area (Å²) in [5, 5.41) is 12.7. The van der Waals surface area contributed by atoms with Crippen molar-refractivity contribution in [1.82, 2.24) is 16.0 Å². The Morgan fingerprint density at radius 3 is 2.47 bits per heavy atom. The van der Waals surface area contributed by atoms with Crippen LogP contribution >= 0.6 is 0 Å². The number of amides is 2. The van der Waals surface area contributed by atoms with Crippen molar-refractivity contribution >= 4 is 29.1 Å². The van der Waals surface area contributed by atoms with Crippen LogP contribution in [0.2, 0.25) is 0 Å². The Labute approximate surface area is 200 Å². The van der Waals surface area contributed by atoms with Crippen molar-refractivity contribution in [2.24, 2.45) is 4.99 Å². The van der Waals surface area contributed by atoms with Gasteiger partial charge in [0.1, 0.15) is 0 Å². The van der Waals surface area contributed by atoms with Crippen molar-refractivity contribution in [3.63, 3.8) is 0 Å². The molecule has 0 bridgehead atoms. The highest BCUT2D eigenvalue weighted by atomic mass is 16.2. The summed E-state index contributed by atoms with van der Waals surface area (Å²) in [5.41, 5.74) is 4.29. The highest BCUT2D eigenvalue weighted by Gasteiger charge is 2.27. The number of aliphatic imine (C=N–C) groups is 1. The molecular formula is C27H33N5O2. The molecule has 2 saturated carbocycles. The number of hydrogen-bond donors (Lipinski definition) is 4. The van der Waals surface area contributed by atoms with Crippen molar-refractivity contribution in [3.8, 4) is 0 Å². The van der Waals surface area contributed by atoms with Crippen LogP contribution in [0.5, 0.6) is 0 Å². The molecule has 7 nitrogen and oxygen atoms in total. The molecule has 2 amide bonds. The van der Waals surface area contributed by atoms with Gasteiger partial charge in [-0.1, -0.05) is 25.3 Å². The van der Waals surface area contributed by atoms with Crippen LogP contribution in [-0.4, -0.2) is 36.9 Å². The van der Waals surface area contributed by atoms with Gasteiger partial charge in [0.15, 0.2) is 5.96 Å². The second-order valence-corrected chi connectivity index (χ2v) is 9.56. The van der Waals surface area contributed by atoms with Gasteiger partial charge >= 0.3 is 0 Å². The molecule has 2 fully saturated rings. The van der Waals surface area contributed by atoms with Gasteiger partial charge in [-0.25, -0.2) is 0 Å². The first kappa shape index (κ1) is 22.4. The average Bonchev–Trinajstić information content (AvgIpc) is 3.71. The average molecular weight is 460 g/mol. The van der Waals surface area contributed by atoms with Gasteiger partial charge in [-0.05, 0) is 80.0 Å². The third-order valence-corrected chi connectivity index (χ3v) is 6.80. The van der Waals surface area contributed by atoms with Crippen LogP contribution in [0.25, 0.3) is 0 Å². The molecule has 7 heteroatoms. The SMILES string of the molecule is O=C(NC1=NCCCN1)c1ccc(Nc2cccc(C(=O)NC3CCCCC3)c2)c(C2CC2)c1. The fraction of sp³-hybridized carbons (Fsp3) is 0.444. The maximum atomic E-state index is 12.8. The van der Waals surface area contributed by atoms with Gasteiger partial charge in [0.25, 0.3) is 11.8 Å². The van der Waals surface area contributed by atoms with E-state index in [1.165, 1.54) is 19.3 Å². The first-order valence-corrected chi connectivity index (χ1v) is 12.6. The van der Waals surface area contributed by atoms with Gasteiger partial charge in [0, 0.05) is 41.6 Å². The van der Waals surface area contributed by atoms with Crippen LogP contribution in [0, 0.1) is 0 Å². The van der Waals surface area contributed by atoms with E-state index in [0.29, 0.717) is 23.0 Å². The molecule has 3 aliphatic rings. The molecule has 0 atom stereocenters. The summed E-state index contributed by atoms with van der Waals surface area (Å²) in [6.45, 7) is 1.56. The van der Waals surface area contributed by atoms with Crippen LogP contribution in [0.15, 0.2) is 47.5 Å². The van der Waals surface area contributed by atoms with Crippen LogP contribution in [0.3, 0.4) is 0 Å². The van der Waals surface area contributed by atoms with E-state index in [4.69, 9.17) is 0 Å². The predicted octanol–water partition coefficient (Wildman–Crippen LogP) is 4.45. The van der Waals surface area contributed by atoms with Crippen molar-refractivity contribution in [3.05, 3.63) is 59.2 Å². The molecule has 2 aromatic rings. The van der Waals surface area contributed by atoms with Crippen LogP contribution in [0.4, 0.5) is 11.4 Å². The summed E-state index contributed by atoms with van der Waals surface area (Å²) in [6.07, 6.45) is 9.01. The summed E-state index contributed by atoms with van der Waals surface area (Å²) in [4.78, 5) is 29.9. The Kier molecular flexibility index (Phi) is 6.79. The zero-order valence-electron chi connectivity index (χ0n) is 19.5.